The summed E-state index contributed by atoms with van der Waals surface area (Å²) in [6.07, 6.45) is 1.35. The molecule has 0 aliphatic heterocycles. The van der Waals surface area contributed by atoms with Gasteiger partial charge in [0.05, 0.1) is 0 Å². The summed E-state index contributed by atoms with van der Waals surface area (Å²) in [5.74, 6) is 4.99. The maximum Gasteiger partial charge on any atom is 0.137 e. The number of hydrogen-bond donors (Lipinski definition) is 1. The van der Waals surface area contributed by atoms with Crippen molar-refractivity contribution in [1.82, 2.24) is 9.97 Å². The summed E-state index contributed by atoms with van der Waals surface area (Å²) in [4.78, 5) is 11.6. The zero-order valence-electron chi connectivity index (χ0n) is 13.0. The lowest BCUT2D eigenvalue weighted by Gasteiger charge is -2.23. The van der Waals surface area contributed by atoms with E-state index in [1.165, 1.54) is 6.42 Å². The van der Waals surface area contributed by atoms with Gasteiger partial charge >= 0.3 is 0 Å². The predicted molar refractivity (Wildman–Crippen MR) is 80.9 cm³/mol. The van der Waals surface area contributed by atoms with Crippen LogP contribution in [-0.4, -0.2) is 30.6 Å². The first-order valence-electron chi connectivity index (χ1n) is 7.21. The lowest BCUT2D eigenvalue weighted by atomic mass is 10.2. The summed E-state index contributed by atoms with van der Waals surface area (Å²) in [6, 6.07) is 0. The molecule has 106 valence electrons. The molecule has 4 nitrogen and oxygen atoms in total. The Bertz CT molecular complexity index is 456. The maximum absolute atomic E-state index is 4.76. The van der Waals surface area contributed by atoms with Gasteiger partial charge in [-0.1, -0.05) is 20.8 Å². The van der Waals surface area contributed by atoms with E-state index in [1.54, 1.807) is 0 Å². The molecule has 1 aliphatic rings. The van der Waals surface area contributed by atoms with Gasteiger partial charge in [0.2, 0.25) is 0 Å². The molecule has 0 spiro atoms. The molecule has 1 N–H and O–H groups in total. The summed E-state index contributed by atoms with van der Waals surface area (Å²) in [5, 5.41) is 3.19. The van der Waals surface area contributed by atoms with Crippen LogP contribution in [-0.2, 0) is 0 Å². The highest BCUT2D eigenvalue weighted by Crippen LogP contribution is 2.39. The lowest BCUT2D eigenvalue weighted by Crippen LogP contribution is -2.24. The van der Waals surface area contributed by atoms with E-state index in [9.17, 15) is 0 Å². The monoisotopic (exact) mass is 262 g/mol. The molecule has 0 radical (unpaired) electrons. The highest BCUT2D eigenvalue weighted by atomic mass is 15.2. The Morgan fingerprint density at radius 2 is 2.00 bits per heavy atom. The first-order valence-corrected chi connectivity index (χ1v) is 7.21. The molecule has 2 atom stereocenters. The smallest absolute Gasteiger partial charge is 0.137 e. The highest BCUT2D eigenvalue weighted by Gasteiger charge is 2.33. The molecule has 2 rings (SSSR count). The molecule has 0 bridgehead atoms. The minimum atomic E-state index is 0.347. The molecule has 1 fully saturated rings. The van der Waals surface area contributed by atoms with E-state index in [0.29, 0.717) is 5.92 Å². The van der Waals surface area contributed by atoms with Gasteiger partial charge in [-0.25, -0.2) is 9.97 Å². The van der Waals surface area contributed by atoms with Crippen molar-refractivity contribution in [1.29, 1.82) is 0 Å². The second-order valence-corrected chi connectivity index (χ2v) is 6.14. The minimum absolute atomic E-state index is 0.347. The van der Waals surface area contributed by atoms with Crippen LogP contribution in [0.1, 0.15) is 44.5 Å². The number of aromatic nitrogens is 2. The predicted octanol–water partition coefficient (Wildman–Crippen LogP) is 3.04. The molecule has 1 aromatic rings. The number of anilines is 2. The normalized spacial score (nSPS) is 21.6. The molecule has 0 aromatic carbocycles. The van der Waals surface area contributed by atoms with E-state index in [2.05, 4.69) is 49.9 Å². The summed E-state index contributed by atoms with van der Waals surface area (Å²) < 4.78 is 0. The van der Waals surface area contributed by atoms with Gasteiger partial charge in [0.15, 0.2) is 0 Å². The van der Waals surface area contributed by atoms with Crippen molar-refractivity contribution in [2.45, 2.75) is 40.0 Å². The Hall–Kier alpha value is -1.32. The molecular formula is C15H26N4. The van der Waals surface area contributed by atoms with Gasteiger partial charge in [-0.2, -0.15) is 0 Å². The van der Waals surface area contributed by atoms with Gasteiger partial charge in [-0.15, -0.1) is 0 Å². The SMILES string of the molecule is CNc1nc(C(C)C)nc(N(C)CC2CC2C)c1C. The molecule has 0 amide bonds. The summed E-state index contributed by atoms with van der Waals surface area (Å²) in [7, 11) is 4.07. The molecule has 1 aliphatic carbocycles. The molecule has 0 saturated heterocycles. The zero-order valence-corrected chi connectivity index (χ0v) is 13.0. The summed E-state index contributed by atoms with van der Waals surface area (Å²) in [6.45, 7) is 9.79. The third kappa shape index (κ3) is 2.99. The Balaban J connectivity index is 2.28. The van der Waals surface area contributed by atoms with Crippen molar-refractivity contribution < 1.29 is 0 Å². The number of nitrogens with one attached hydrogen (secondary N) is 1. The van der Waals surface area contributed by atoms with Crippen molar-refractivity contribution in [2.24, 2.45) is 11.8 Å². The zero-order chi connectivity index (χ0) is 14.2. The summed E-state index contributed by atoms with van der Waals surface area (Å²) in [5.41, 5.74) is 1.14. The average molecular weight is 262 g/mol. The number of hydrogen-bond acceptors (Lipinski definition) is 4. The Morgan fingerprint density at radius 3 is 2.47 bits per heavy atom. The van der Waals surface area contributed by atoms with Gasteiger partial charge in [-0.05, 0) is 25.2 Å². The van der Waals surface area contributed by atoms with Gasteiger partial charge in [0, 0.05) is 32.1 Å². The Morgan fingerprint density at radius 1 is 1.37 bits per heavy atom. The van der Waals surface area contributed by atoms with E-state index in [1.807, 2.05) is 7.05 Å². The third-order valence-corrected chi connectivity index (χ3v) is 4.04. The van der Waals surface area contributed by atoms with Crippen LogP contribution in [0.4, 0.5) is 11.6 Å². The molecule has 1 aromatic heterocycles. The van der Waals surface area contributed by atoms with Crippen molar-refractivity contribution in [3.63, 3.8) is 0 Å². The first-order chi connectivity index (χ1) is 8.93. The number of rotatable bonds is 5. The molecule has 1 saturated carbocycles. The molecule has 4 heteroatoms. The quantitative estimate of drug-likeness (QED) is 0.885. The van der Waals surface area contributed by atoms with Crippen LogP contribution in [0.2, 0.25) is 0 Å². The molecule has 19 heavy (non-hydrogen) atoms. The van der Waals surface area contributed by atoms with E-state index in [0.717, 1.165) is 41.4 Å². The van der Waals surface area contributed by atoms with Gasteiger partial charge in [0.25, 0.3) is 0 Å². The molecular weight excluding hydrogens is 236 g/mol. The van der Waals surface area contributed by atoms with Gasteiger partial charge in [0.1, 0.15) is 17.5 Å². The van der Waals surface area contributed by atoms with E-state index >= 15 is 0 Å². The number of nitrogens with zero attached hydrogens (tertiary/aromatic N) is 3. The van der Waals surface area contributed by atoms with Crippen LogP contribution >= 0.6 is 0 Å². The van der Waals surface area contributed by atoms with Crippen LogP contribution in [0.25, 0.3) is 0 Å². The fourth-order valence-electron chi connectivity index (χ4n) is 2.49. The first kappa shape index (κ1) is 14.1. The van der Waals surface area contributed by atoms with Crippen LogP contribution in [0.15, 0.2) is 0 Å². The second-order valence-electron chi connectivity index (χ2n) is 6.14. The second kappa shape index (κ2) is 5.35. The van der Waals surface area contributed by atoms with Gasteiger partial charge < -0.3 is 10.2 Å². The standard InChI is InChI=1S/C15H26N4/c1-9(2)13-17-14(16-5)11(4)15(18-13)19(6)8-12-7-10(12)3/h9-10,12H,7-8H2,1-6H3,(H,16,17,18). The average Bonchev–Trinajstić information content (AvgIpc) is 3.04. The van der Waals surface area contributed by atoms with E-state index in [-0.39, 0.29) is 0 Å². The van der Waals surface area contributed by atoms with Crippen LogP contribution < -0.4 is 10.2 Å². The van der Waals surface area contributed by atoms with Crippen LogP contribution in [0.5, 0.6) is 0 Å². The lowest BCUT2D eigenvalue weighted by molar-refractivity contribution is 0.706. The fraction of sp³-hybridized carbons (Fsp3) is 0.733. The highest BCUT2D eigenvalue weighted by molar-refractivity contribution is 5.58. The van der Waals surface area contributed by atoms with E-state index < -0.39 is 0 Å². The Kier molecular flexibility index (Phi) is 3.97. The summed E-state index contributed by atoms with van der Waals surface area (Å²) >= 11 is 0. The largest absolute Gasteiger partial charge is 0.373 e. The molecule has 2 unspecified atom stereocenters. The van der Waals surface area contributed by atoms with Crippen LogP contribution in [0, 0.1) is 18.8 Å². The topological polar surface area (TPSA) is 41.1 Å². The van der Waals surface area contributed by atoms with Crippen molar-refractivity contribution in [2.75, 3.05) is 30.9 Å². The molecule has 1 heterocycles. The fourth-order valence-corrected chi connectivity index (χ4v) is 2.49. The third-order valence-electron chi connectivity index (χ3n) is 4.04. The van der Waals surface area contributed by atoms with Crippen LogP contribution in [0.3, 0.4) is 0 Å². The van der Waals surface area contributed by atoms with Crippen molar-refractivity contribution in [3.05, 3.63) is 11.4 Å². The Labute approximate surface area is 116 Å². The van der Waals surface area contributed by atoms with Crippen molar-refractivity contribution >= 4 is 11.6 Å². The van der Waals surface area contributed by atoms with Gasteiger partial charge in [-0.3, -0.25) is 0 Å². The maximum atomic E-state index is 4.76. The van der Waals surface area contributed by atoms with E-state index in [4.69, 9.17) is 4.98 Å². The van der Waals surface area contributed by atoms with Crippen molar-refractivity contribution in [3.8, 4) is 0 Å². The minimum Gasteiger partial charge on any atom is -0.373 e.